The number of halogens is 1. The summed E-state index contributed by atoms with van der Waals surface area (Å²) >= 11 is 5.96. The second-order valence-corrected chi connectivity index (χ2v) is 5.88. The van der Waals surface area contributed by atoms with Crippen molar-refractivity contribution in [2.24, 2.45) is 0 Å². The molecule has 0 radical (unpaired) electrons. The molecule has 22 heavy (non-hydrogen) atoms. The highest BCUT2D eigenvalue weighted by Gasteiger charge is 2.12. The van der Waals surface area contributed by atoms with Crippen molar-refractivity contribution >= 4 is 23.3 Å². The molecular formula is C15H23ClN4O2. The van der Waals surface area contributed by atoms with E-state index in [1.54, 1.807) is 12.1 Å². The Kier molecular flexibility index (Phi) is 6.42. The molecule has 0 saturated carbocycles. The number of aromatic nitrogens is 1. The fourth-order valence-electron chi connectivity index (χ4n) is 2.27. The highest BCUT2D eigenvalue weighted by atomic mass is 35.5. The van der Waals surface area contributed by atoms with Crippen molar-refractivity contribution in [3.05, 3.63) is 22.8 Å². The summed E-state index contributed by atoms with van der Waals surface area (Å²) in [5.41, 5.74) is 0.537. The van der Waals surface area contributed by atoms with E-state index in [0.29, 0.717) is 23.1 Å². The quantitative estimate of drug-likeness (QED) is 0.630. The van der Waals surface area contributed by atoms with E-state index >= 15 is 0 Å². The molecule has 1 amide bonds. The maximum Gasteiger partial charge on any atom is 0.251 e. The zero-order valence-electron chi connectivity index (χ0n) is 13.1. The Morgan fingerprint density at radius 3 is 2.82 bits per heavy atom. The summed E-state index contributed by atoms with van der Waals surface area (Å²) in [6, 6.07) is 3.33. The monoisotopic (exact) mass is 326 g/mol. The van der Waals surface area contributed by atoms with Crippen LogP contribution in [-0.4, -0.2) is 69.3 Å². The number of ether oxygens (including phenoxy) is 1. The minimum atomic E-state index is -0.116. The number of amides is 1. The van der Waals surface area contributed by atoms with Gasteiger partial charge in [0.15, 0.2) is 0 Å². The van der Waals surface area contributed by atoms with Crippen LogP contribution in [0.1, 0.15) is 16.8 Å². The molecule has 6 nitrogen and oxygen atoms in total. The first-order valence-electron chi connectivity index (χ1n) is 7.49. The Labute approximate surface area is 136 Å². The first kappa shape index (κ1) is 17.0. The summed E-state index contributed by atoms with van der Waals surface area (Å²) in [5.74, 6) is 0.556. The predicted octanol–water partition coefficient (Wildman–Crippen LogP) is 1.25. The van der Waals surface area contributed by atoms with E-state index in [-0.39, 0.29) is 5.91 Å². The normalized spacial score (nSPS) is 15.6. The minimum Gasteiger partial charge on any atom is -0.379 e. The number of carbonyl (C=O) groups excluding carboxylic acids is 1. The number of carbonyl (C=O) groups is 1. The van der Waals surface area contributed by atoms with Gasteiger partial charge in [0, 0.05) is 39.3 Å². The average molecular weight is 327 g/mol. The van der Waals surface area contributed by atoms with E-state index in [0.717, 1.165) is 39.3 Å². The third-order valence-corrected chi connectivity index (χ3v) is 3.73. The maximum atomic E-state index is 12.2. The molecule has 2 heterocycles. The molecule has 2 rings (SSSR count). The second kappa shape index (κ2) is 8.31. The number of anilines is 1. The average Bonchev–Trinajstić information content (AvgIpc) is 2.51. The Bertz CT molecular complexity index is 504. The van der Waals surface area contributed by atoms with Gasteiger partial charge in [-0.1, -0.05) is 11.6 Å². The third-order valence-electron chi connectivity index (χ3n) is 3.54. The van der Waals surface area contributed by atoms with Gasteiger partial charge in [0.25, 0.3) is 5.91 Å². The summed E-state index contributed by atoms with van der Waals surface area (Å²) < 4.78 is 5.31. The molecule has 1 fully saturated rings. The Balaban J connectivity index is 1.79. The van der Waals surface area contributed by atoms with Crippen molar-refractivity contribution in [2.75, 3.05) is 58.4 Å². The molecule has 1 aromatic rings. The van der Waals surface area contributed by atoms with Crippen LogP contribution in [0.3, 0.4) is 0 Å². The summed E-state index contributed by atoms with van der Waals surface area (Å²) in [6.07, 6.45) is 0.922. The number of hydrogen-bond acceptors (Lipinski definition) is 5. The molecule has 0 atom stereocenters. The van der Waals surface area contributed by atoms with Gasteiger partial charge in [0.2, 0.25) is 0 Å². The number of nitrogens with one attached hydrogen (secondary N) is 1. The maximum absolute atomic E-state index is 12.2. The number of nitrogens with zero attached hydrogens (tertiary/aromatic N) is 3. The van der Waals surface area contributed by atoms with Gasteiger partial charge in [-0.3, -0.25) is 9.69 Å². The largest absolute Gasteiger partial charge is 0.379 e. The Morgan fingerprint density at radius 2 is 2.14 bits per heavy atom. The number of hydrogen-bond donors (Lipinski definition) is 1. The number of morpholine rings is 1. The second-order valence-electron chi connectivity index (χ2n) is 5.49. The van der Waals surface area contributed by atoms with Crippen LogP contribution in [0.15, 0.2) is 12.1 Å². The van der Waals surface area contributed by atoms with E-state index in [2.05, 4.69) is 15.2 Å². The van der Waals surface area contributed by atoms with Crippen molar-refractivity contribution in [3.8, 4) is 0 Å². The predicted molar refractivity (Wildman–Crippen MR) is 87.8 cm³/mol. The molecule has 122 valence electrons. The van der Waals surface area contributed by atoms with E-state index in [9.17, 15) is 4.79 Å². The van der Waals surface area contributed by atoms with Crippen molar-refractivity contribution in [1.82, 2.24) is 15.2 Å². The summed E-state index contributed by atoms with van der Waals surface area (Å²) in [4.78, 5) is 20.5. The van der Waals surface area contributed by atoms with Crippen LogP contribution in [0.25, 0.3) is 0 Å². The van der Waals surface area contributed by atoms with Crippen LogP contribution >= 0.6 is 11.6 Å². The van der Waals surface area contributed by atoms with Crippen molar-refractivity contribution in [2.45, 2.75) is 6.42 Å². The van der Waals surface area contributed by atoms with E-state index < -0.39 is 0 Å². The fourth-order valence-corrected chi connectivity index (χ4v) is 2.48. The van der Waals surface area contributed by atoms with Gasteiger partial charge in [-0.15, -0.1) is 0 Å². The minimum absolute atomic E-state index is 0.116. The smallest absolute Gasteiger partial charge is 0.251 e. The van der Waals surface area contributed by atoms with Gasteiger partial charge < -0.3 is 15.0 Å². The van der Waals surface area contributed by atoms with Gasteiger partial charge in [-0.2, -0.15) is 0 Å². The van der Waals surface area contributed by atoms with Crippen LogP contribution < -0.4 is 10.2 Å². The van der Waals surface area contributed by atoms with E-state index in [4.69, 9.17) is 16.3 Å². The van der Waals surface area contributed by atoms with Gasteiger partial charge >= 0.3 is 0 Å². The van der Waals surface area contributed by atoms with E-state index in [1.807, 2.05) is 19.0 Å². The fraction of sp³-hybridized carbons (Fsp3) is 0.600. The van der Waals surface area contributed by atoms with E-state index in [1.165, 1.54) is 0 Å². The molecule has 0 unspecified atom stereocenters. The lowest BCUT2D eigenvalue weighted by molar-refractivity contribution is 0.0374. The van der Waals surface area contributed by atoms with Crippen LogP contribution in [0, 0.1) is 0 Å². The Morgan fingerprint density at radius 1 is 1.41 bits per heavy atom. The van der Waals surface area contributed by atoms with Crippen LogP contribution in [0.4, 0.5) is 5.82 Å². The lowest BCUT2D eigenvalue weighted by Crippen LogP contribution is -2.38. The summed E-state index contributed by atoms with van der Waals surface area (Å²) in [5, 5.41) is 3.25. The standard InChI is InChI=1S/C15H23ClN4O2/c1-19(2)14-11-12(10-13(16)18-14)15(21)17-4-3-5-20-6-8-22-9-7-20/h10-11H,3-9H2,1-2H3,(H,17,21). The van der Waals surface area contributed by atoms with Crippen molar-refractivity contribution in [1.29, 1.82) is 0 Å². The Hall–Kier alpha value is -1.37. The van der Waals surface area contributed by atoms with Crippen LogP contribution in [0.2, 0.25) is 5.15 Å². The lowest BCUT2D eigenvalue weighted by Gasteiger charge is -2.26. The molecule has 1 aromatic heterocycles. The lowest BCUT2D eigenvalue weighted by atomic mass is 10.2. The molecule has 0 bridgehead atoms. The molecule has 0 spiro atoms. The molecule has 0 aromatic carbocycles. The third kappa shape index (κ3) is 5.12. The first-order chi connectivity index (χ1) is 10.6. The SMILES string of the molecule is CN(C)c1cc(C(=O)NCCCN2CCOCC2)cc(Cl)n1. The van der Waals surface area contributed by atoms with Crippen molar-refractivity contribution in [3.63, 3.8) is 0 Å². The molecule has 1 aliphatic heterocycles. The summed E-state index contributed by atoms with van der Waals surface area (Å²) in [7, 11) is 3.73. The number of pyridine rings is 1. The van der Waals surface area contributed by atoms with Crippen LogP contribution in [-0.2, 0) is 4.74 Å². The molecule has 0 aliphatic carbocycles. The molecule has 1 saturated heterocycles. The molecular weight excluding hydrogens is 304 g/mol. The highest BCUT2D eigenvalue weighted by Crippen LogP contribution is 2.16. The van der Waals surface area contributed by atoms with Gasteiger partial charge in [0.1, 0.15) is 11.0 Å². The highest BCUT2D eigenvalue weighted by molar-refractivity contribution is 6.29. The van der Waals surface area contributed by atoms with Gasteiger partial charge in [-0.05, 0) is 25.1 Å². The molecule has 1 aliphatic rings. The van der Waals surface area contributed by atoms with Crippen LogP contribution in [0.5, 0.6) is 0 Å². The van der Waals surface area contributed by atoms with Gasteiger partial charge in [0.05, 0.1) is 13.2 Å². The number of rotatable bonds is 6. The molecule has 1 N–H and O–H groups in total. The zero-order chi connectivity index (χ0) is 15.9. The topological polar surface area (TPSA) is 57.7 Å². The molecule has 7 heteroatoms. The zero-order valence-corrected chi connectivity index (χ0v) is 13.9. The first-order valence-corrected chi connectivity index (χ1v) is 7.87. The van der Waals surface area contributed by atoms with Crippen molar-refractivity contribution < 1.29 is 9.53 Å². The summed E-state index contributed by atoms with van der Waals surface area (Å²) in [6.45, 7) is 5.17. The van der Waals surface area contributed by atoms with Gasteiger partial charge in [-0.25, -0.2) is 4.98 Å².